The highest BCUT2D eigenvalue weighted by Crippen LogP contribution is 2.25. The van der Waals surface area contributed by atoms with E-state index in [0.29, 0.717) is 10.9 Å². The van der Waals surface area contributed by atoms with Crippen LogP contribution in [-0.2, 0) is 4.79 Å². The number of carbonyl (C=O) groups excluding carboxylic acids is 1. The fourth-order valence-electron chi connectivity index (χ4n) is 3.10. The molecule has 0 saturated carbocycles. The molecule has 4 rings (SSSR count). The van der Waals surface area contributed by atoms with Gasteiger partial charge in [0, 0.05) is 5.22 Å². The molecule has 0 fully saturated rings. The number of nitrogens with one attached hydrogen (secondary N) is 1. The highest BCUT2D eigenvalue weighted by molar-refractivity contribution is 8.13. The number of amides is 1. The van der Waals surface area contributed by atoms with Gasteiger partial charge in [-0.25, -0.2) is 5.01 Å². The highest BCUT2D eigenvalue weighted by Gasteiger charge is 2.33. The van der Waals surface area contributed by atoms with Crippen LogP contribution in [0.2, 0.25) is 0 Å². The Morgan fingerprint density at radius 3 is 2.65 bits per heavy atom. The van der Waals surface area contributed by atoms with Crippen molar-refractivity contribution in [1.82, 2.24) is 10.3 Å². The standard InChI is InChI=1S/C20H18N4OS/c1-13(12-14-8-4-3-5-9-14)18-21-16-11-7-6-10-15(16)17-19(25)22-20(26-2)23-24(17)18/h3-12,18H,1-2H3,(H,22,23,25)/b13-12+. The van der Waals surface area contributed by atoms with Crippen LogP contribution in [0, 0.1) is 0 Å². The maximum absolute atomic E-state index is 12.7. The molecule has 0 saturated heterocycles. The first-order valence-electron chi connectivity index (χ1n) is 8.31. The number of benzene rings is 2. The predicted molar refractivity (Wildman–Crippen MR) is 105 cm³/mol. The minimum Gasteiger partial charge on any atom is -0.298 e. The molecule has 2 aromatic rings. The first kappa shape index (κ1) is 16.6. The number of hydrazone groups is 1. The van der Waals surface area contributed by atoms with Crippen LogP contribution in [-0.4, -0.2) is 28.5 Å². The van der Waals surface area contributed by atoms with Crippen molar-refractivity contribution >= 4 is 34.6 Å². The predicted octanol–water partition coefficient (Wildman–Crippen LogP) is 1.92. The lowest BCUT2D eigenvalue weighted by atomic mass is 10.1. The van der Waals surface area contributed by atoms with Gasteiger partial charge in [-0.3, -0.25) is 15.1 Å². The molecular weight excluding hydrogens is 344 g/mol. The number of para-hydroxylation sites is 1. The van der Waals surface area contributed by atoms with Gasteiger partial charge in [-0.2, -0.15) is 0 Å². The summed E-state index contributed by atoms with van der Waals surface area (Å²) < 4.78 is 0. The van der Waals surface area contributed by atoms with E-state index < -0.39 is 0 Å². The summed E-state index contributed by atoms with van der Waals surface area (Å²) >= 11 is 1.41. The summed E-state index contributed by atoms with van der Waals surface area (Å²) in [6.45, 7) is 2.02. The zero-order chi connectivity index (χ0) is 18.1. The molecule has 0 aliphatic carbocycles. The summed E-state index contributed by atoms with van der Waals surface area (Å²) in [4.78, 5) is 17.6. The number of rotatable bonds is 2. The fourth-order valence-corrected chi connectivity index (χ4v) is 3.47. The molecule has 2 aliphatic heterocycles. The van der Waals surface area contributed by atoms with Crippen molar-refractivity contribution in [2.24, 2.45) is 10.1 Å². The maximum atomic E-state index is 12.7. The van der Waals surface area contributed by atoms with Gasteiger partial charge in [-0.15, -0.1) is 5.10 Å². The van der Waals surface area contributed by atoms with Gasteiger partial charge in [0.25, 0.3) is 5.91 Å². The lowest BCUT2D eigenvalue weighted by molar-refractivity contribution is -0.116. The summed E-state index contributed by atoms with van der Waals surface area (Å²) in [6.07, 6.45) is 3.62. The Kier molecular flexibility index (Phi) is 4.34. The summed E-state index contributed by atoms with van der Waals surface area (Å²) in [5, 5.41) is 11.4. The maximum Gasteiger partial charge on any atom is 0.276 e. The van der Waals surface area contributed by atoms with Gasteiger partial charge in [0.2, 0.25) is 0 Å². The lowest BCUT2D eigenvalue weighted by Crippen LogP contribution is -2.52. The van der Waals surface area contributed by atoms with Gasteiger partial charge in [-0.05, 0) is 30.4 Å². The third-order valence-corrected chi connectivity index (χ3v) is 4.88. The van der Waals surface area contributed by atoms with Crippen molar-refractivity contribution in [3.63, 3.8) is 0 Å². The SMILES string of the molecule is CSC1=NN2C(=c3ccccc3=NC2/C(C)=C/c2ccccc2)C(=O)N1. The second kappa shape index (κ2) is 6.80. The Balaban J connectivity index is 1.89. The first-order valence-corrected chi connectivity index (χ1v) is 9.53. The van der Waals surface area contributed by atoms with Gasteiger partial charge in [-0.1, -0.05) is 66.4 Å². The zero-order valence-corrected chi connectivity index (χ0v) is 15.3. The van der Waals surface area contributed by atoms with Crippen molar-refractivity contribution in [3.05, 3.63) is 76.3 Å². The number of nitrogens with zero attached hydrogens (tertiary/aromatic N) is 3. The Bertz CT molecular complexity index is 1040. The van der Waals surface area contributed by atoms with Crippen LogP contribution in [0.4, 0.5) is 0 Å². The van der Waals surface area contributed by atoms with Crippen LogP contribution in [0.3, 0.4) is 0 Å². The number of fused-ring (bicyclic) bond motifs is 2. The van der Waals surface area contributed by atoms with E-state index in [1.54, 1.807) is 5.01 Å². The Hall–Kier alpha value is -2.86. The molecule has 1 amide bonds. The Morgan fingerprint density at radius 1 is 1.15 bits per heavy atom. The molecule has 2 heterocycles. The topological polar surface area (TPSA) is 57.1 Å². The van der Waals surface area contributed by atoms with E-state index in [0.717, 1.165) is 21.7 Å². The molecule has 1 atom stereocenters. The summed E-state index contributed by atoms with van der Waals surface area (Å²) in [6, 6.07) is 17.8. The van der Waals surface area contributed by atoms with Crippen molar-refractivity contribution in [2.45, 2.75) is 13.1 Å². The van der Waals surface area contributed by atoms with Gasteiger partial charge >= 0.3 is 0 Å². The smallest absolute Gasteiger partial charge is 0.276 e. The molecule has 0 bridgehead atoms. The number of hydrogen-bond acceptors (Lipinski definition) is 5. The van der Waals surface area contributed by atoms with E-state index in [9.17, 15) is 4.79 Å². The van der Waals surface area contributed by atoms with E-state index >= 15 is 0 Å². The van der Waals surface area contributed by atoms with E-state index in [-0.39, 0.29) is 12.1 Å². The summed E-state index contributed by atoms with van der Waals surface area (Å²) in [5.74, 6) is -0.149. The fraction of sp³-hybridized carbons (Fsp3) is 0.150. The van der Waals surface area contributed by atoms with Crippen LogP contribution in [0.25, 0.3) is 11.8 Å². The van der Waals surface area contributed by atoms with Crippen LogP contribution >= 0.6 is 11.8 Å². The largest absolute Gasteiger partial charge is 0.298 e. The second-order valence-electron chi connectivity index (χ2n) is 6.08. The van der Waals surface area contributed by atoms with Crippen molar-refractivity contribution in [2.75, 3.05) is 6.26 Å². The summed E-state index contributed by atoms with van der Waals surface area (Å²) in [5.41, 5.74) is 2.65. The van der Waals surface area contributed by atoms with E-state index in [2.05, 4.69) is 16.5 Å². The Labute approximate surface area is 155 Å². The van der Waals surface area contributed by atoms with Crippen LogP contribution in [0.5, 0.6) is 0 Å². The molecular formula is C20H18N4OS. The van der Waals surface area contributed by atoms with Crippen LogP contribution in [0.15, 0.2) is 70.3 Å². The average Bonchev–Trinajstić information content (AvgIpc) is 2.67. The number of thioether (sulfide) groups is 1. The van der Waals surface area contributed by atoms with E-state index in [1.165, 1.54) is 11.8 Å². The molecule has 2 aromatic carbocycles. The second-order valence-corrected chi connectivity index (χ2v) is 6.87. The third kappa shape index (κ3) is 2.93. The minimum absolute atomic E-state index is 0.149. The van der Waals surface area contributed by atoms with E-state index in [1.807, 2.05) is 67.8 Å². The molecule has 5 nitrogen and oxygen atoms in total. The van der Waals surface area contributed by atoms with E-state index in [4.69, 9.17) is 4.99 Å². The highest BCUT2D eigenvalue weighted by atomic mass is 32.2. The molecule has 26 heavy (non-hydrogen) atoms. The minimum atomic E-state index is -0.353. The van der Waals surface area contributed by atoms with Gasteiger partial charge in [0.05, 0.1) is 5.36 Å². The number of hydrogen-bond donors (Lipinski definition) is 1. The van der Waals surface area contributed by atoms with Gasteiger partial charge in [0.1, 0.15) is 5.70 Å². The third-order valence-electron chi connectivity index (χ3n) is 4.31. The quantitative estimate of drug-likeness (QED) is 0.888. The van der Waals surface area contributed by atoms with Crippen LogP contribution < -0.4 is 15.9 Å². The molecule has 130 valence electrons. The number of amidine groups is 1. The van der Waals surface area contributed by atoms with Gasteiger partial charge in [0.15, 0.2) is 11.3 Å². The molecule has 6 heteroatoms. The van der Waals surface area contributed by atoms with Crippen molar-refractivity contribution < 1.29 is 4.79 Å². The monoisotopic (exact) mass is 362 g/mol. The number of carbonyl (C=O) groups is 1. The summed E-state index contributed by atoms with van der Waals surface area (Å²) in [7, 11) is 0. The normalized spacial score (nSPS) is 19.2. The average molecular weight is 362 g/mol. The molecule has 0 aromatic heterocycles. The molecule has 2 aliphatic rings. The van der Waals surface area contributed by atoms with Crippen molar-refractivity contribution in [1.29, 1.82) is 0 Å². The van der Waals surface area contributed by atoms with Gasteiger partial charge < -0.3 is 0 Å². The zero-order valence-electron chi connectivity index (χ0n) is 14.5. The molecule has 0 spiro atoms. The molecule has 1 N–H and O–H groups in total. The lowest BCUT2D eigenvalue weighted by Gasteiger charge is -2.34. The first-order chi connectivity index (χ1) is 12.7. The molecule has 1 unspecified atom stereocenters. The Morgan fingerprint density at radius 2 is 1.88 bits per heavy atom. The van der Waals surface area contributed by atoms with Crippen LogP contribution in [0.1, 0.15) is 12.5 Å². The van der Waals surface area contributed by atoms with Crippen molar-refractivity contribution in [3.8, 4) is 0 Å². The molecule has 0 radical (unpaired) electrons.